The molecular weight excluding hydrogens is 302 g/mol. The first-order valence-electron chi connectivity index (χ1n) is 8.22. The van der Waals surface area contributed by atoms with E-state index < -0.39 is 11.8 Å². The highest BCUT2D eigenvalue weighted by atomic mass is 16.7. The van der Waals surface area contributed by atoms with Gasteiger partial charge in [-0.25, -0.2) is 4.74 Å². The van der Waals surface area contributed by atoms with Crippen LogP contribution in [0.1, 0.15) is 37.9 Å². The van der Waals surface area contributed by atoms with Gasteiger partial charge in [0.2, 0.25) is 6.04 Å². The van der Waals surface area contributed by atoms with Crippen molar-refractivity contribution < 1.29 is 14.2 Å². The lowest BCUT2D eigenvalue weighted by Crippen LogP contribution is -2.28. The van der Waals surface area contributed by atoms with Crippen molar-refractivity contribution in [3.8, 4) is 0 Å². The maximum atomic E-state index is 13.0. The summed E-state index contributed by atoms with van der Waals surface area (Å²) < 4.78 is 12.6. The number of hydroxylamine groups is 1. The van der Waals surface area contributed by atoms with Crippen LogP contribution >= 0.6 is 0 Å². The molecule has 1 aliphatic rings. The summed E-state index contributed by atoms with van der Waals surface area (Å²) in [5, 5.41) is 13.0. The van der Waals surface area contributed by atoms with Gasteiger partial charge in [-0.2, -0.15) is 0 Å². The van der Waals surface area contributed by atoms with Crippen LogP contribution in [0.4, 0.5) is 0 Å². The summed E-state index contributed by atoms with van der Waals surface area (Å²) in [5.74, 6) is -0.670. The molecule has 1 heterocycles. The molecule has 0 N–H and O–H groups in total. The molecule has 1 fully saturated rings. The Morgan fingerprint density at radius 3 is 1.88 bits per heavy atom. The van der Waals surface area contributed by atoms with Crippen molar-refractivity contribution in [2.24, 2.45) is 0 Å². The van der Waals surface area contributed by atoms with Crippen LogP contribution in [-0.2, 0) is 9.47 Å². The minimum absolute atomic E-state index is 0.163. The first-order chi connectivity index (χ1) is 11.5. The van der Waals surface area contributed by atoms with Gasteiger partial charge in [-0.15, -0.1) is 0 Å². The summed E-state index contributed by atoms with van der Waals surface area (Å²) in [7, 11) is 0. The summed E-state index contributed by atoms with van der Waals surface area (Å²) in [4.78, 5) is 0. The average Bonchev–Trinajstić information content (AvgIpc) is 2.81. The third-order valence-electron chi connectivity index (χ3n) is 4.13. The third-order valence-corrected chi connectivity index (χ3v) is 4.13. The van der Waals surface area contributed by atoms with E-state index in [0.717, 1.165) is 15.9 Å². The fraction of sp³-hybridized carbons (Fsp3) is 0.350. The maximum absolute atomic E-state index is 13.0. The lowest BCUT2D eigenvalue weighted by molar-refractivity contribution is -0.494. The Kier molecular flexibility index (Phi) is 4.69. The molecule has 0 bridgehead atoms. The van der Waals surface area contributed by atoms with Crippen LogP contribution in [0.3, 0.4) is 0 Å². The van der Waals surface area contributed by atoms with E-state index in [1.165, 1.54) is 0 Å². The Labute approximate surface area is 142 Å². The Morgan fingerprint density at radius 1 is 0.958 bits per heavy atom. The Morgan fingerprint density at radius 2 is 1.46 bits per heavy atom. The van der Waals surface area contributed by atoms with Crippen LogP contribution in [0.15, 0.2) is 60.7 Å². The molecule has 1 aliphatic heterocycles. The molecule has 0 saturated carbocycles. The molecule has 1 saturated heterocycles. The van der Waals surface area contributed by atoms with Gasteiger partial charge in [-0.3, -0.25) is 0 Å². The summed E-state index contributed by atoms with van der Waals surface area (Å²) in [6, 6.07) is 19.1. The number of ether oxygens (including phenoxy) is 2. The predicted octanol–water partition coefficient (Wildman–Crippen LogP) is 3.90. The first-order valence-corrected chi connectivity index (χ1v) is 8.22. The molecule has 24 heavy (non-hydrogen) atoms. The zero-order chi connectivity index (χ0) is 17.2. The highest BCUT2D eigenvalue weighted by molar-refractivity contribution is 5.59. The summed E-state index contributed by atoms with van der Waals surface area (Å²) in [6.45, 7) is 5.64. The van der Waals surface area contributed by atoms with E-state index in [4.69, 9.17) is 9.47 Å². The minimum Gasteiger partial charge on any atom is -0.623 e. The zero-order valence-corrected chi connectivity index (χ0v) is 14.3. The molecular formula is C20H23NO3. The highest BCUT2D eigenvalue weighted by Crippen LogP contribution is 2.29. The molecule has 4 heteroatoms. The molecule has 126 valence electrons. The van der Waals surface area contributed by atoms with Gasteiger partial charge in [0, 0.05) is 11.1 Å². The van der Waals surface area contributed by atoms with E-state index >= 15 is 0 Å². The highest BCUT2D eigenvalue weighted by Gasteiger charge is 2.40. The molecule has 0 aliphatic carbocycles. The average molecular weight is 325 g/mol. The van der Waals surface area contributed by atoms with Crippen LogP contribution in [-0.4, -0.2) is 28.9 Å². The molecule has 0 unspecified atom stereocenters. The van der Waals surface area contributed by atoms with Gasteiger partial charge in [0.05, 0.1) is 6.10 Å². The zero-order valence-electron chi connectivity index (χ0n) is 14.3. The lowest BCUT2D eigenvalue weighted by Gasteiger charge is -2.19. The first kappa shape index (κ1) is 16.7. The van der Waals surface area contributed by atoms with E-state index in [1.54, 1.807) is 6.21 Å². The Hall–Kier alpha value is -2.17. The minimum atomic E-state index is -0.670. The molecule has 0 amide bonds. The largest absolute Gasteiger partial charge is 0.623 e. The van der Waals surface area contributed by atoms with Crippen LogP contribution in [0.2, 0.25) is 0 Å². The SMILES string of the molecule is C[C@@H]1OC(C)(C)O[C@H]1/C=[N+](\[O-])C(c1ccccc1)c1ccccc1. The molecule has 2 atom stereocenters. The van der Waals surface area contributed by atoms with Crippen LogP contribution < -0.4 is 0 Å². The number of hydrogen-bond acceptors (Lipinski definition) is 3. The van der Waals surface area contributed by atoms with E-state index in [-0.39, 0.29) is 12.2 Å². The number of hydrogen-bond donors (Lipinski definition) is 0. The van der Waals surface area contributed by atoms with Crippen molar-refractivity contribution in [2.45, 2.75) is 44.8 Å². The second-order valence-electron chi connectivity index (χ2n) is 6.54. The smallest absolute Gasteiger partial charge is 0.213 e. The molecule has 0 spiro atoms. The van der Waals surface area contributed by atoms with Crippen LogP contribution in [0.5, 0.6) is 0 Å². The van der Waals surface area contributed by atoms with Crippen molar-refractivity contribution in [3.63, 3.8) is 0 Å². The number of rotatable bonds is 4. The van der Waals surface area contributed by atoms with E-state index in [1.807, 2.05) is 81.4 Å². The second-order valence-corrected chi connectivity index (χ2v) is 6.54. The Balaban J connectivity index is 1.95. The van der Waals surface area contributed by atoms with E-state index in [2.05, 4.69) is 0 Å². The summed E-state index contributed by atoms with van der Waals surface area (Å²) in [5.41, 5.74) is 1.89. The fourth-order valence-corrected chi connectivity index (χ4v) is 3.11. The van der Waals surface area contributed by atoms with Gasteiger partial charge in [-0.1, -0.05) is 60.7 Å². The Bertz CT molecular complexity index is 658. The van der Waals surface area contributed by atoms with Gasteiger partial charge >= 0.3 is 0 Å². The van der Waals surface area contributed by atoms with Crippen molar-refractivity contribution in [2.75, 3.05) is 0 Å². The normalized spacial score (nSPS) is 23.6. The summed E-state index contributed by atoms with van der Waals surface area (Å²) >= 11 is 0. The fourth-order valence-electron chi connectivity index (χ4n) is 3.11. The number of benzene rings is 2. The van der Waals surface area contributed by atoms with Crippen molar-refractivity contribution in [1.82, 2.24) is 0 Å². The molecule has 0 radical (unpaired) electrons. The van der Waals surface area contributed by atoms with Crippen LogP contribution in [0.25, 0.3) is 0 Å². The molecule has 2 aromatic carbocycles. The van der Waals surface area contributed by atoms with E-state index in [9.17, 15) is 5.21 Å². The van der Waals surface area contributed by atoms with Crippen molar-refractivity contribution in [1.29, 1.82) is 0 Å². The van der Waals surface area contributed by atoms with Gasteiger partial charge in [0.1, 0.15) is 0 Å². The van der Waals surface area contributed by atoms with Gasteiger partial charge in [0.15, 0.2) is 18.1 Å². The van der Waals surface area contributed by atoms with Gasteiger partial charge < -0.3 is 14.7 Å². The van der Waals surface area contributed by atoms with E-state index in [0.29, 0.717) is 0 Å². The molecule has 3 rings (SSSR count). The molecule has 4 nitrogen and oxygen atoms in total. The second kappa shape index (κ2) is 6.75. The van der Waals surface area contributed by atoms with Crippen LogP contribution in [0, 0.1) is 5.21 Å². The standard InChI is InChI=1S/C20H23NO3/c1-15-18(24-20(2,3)23-15)14-21(22)19(16-10-6-4-7-11-16)17-12-8-5-9-13-17/h4-15,18-19H,1-3H3/b21-14-/t15-,18-/m0/s1. The third kappa shape index (κ3) is 3.66. The quantitative estimate of drug-likeness (QED) is 0.371. The topological polar surface area (TPSA) is 44.5 Å². The maximum Gasteiger partial charge on any atom is 0.213 e. The van der Waals surface area contributed by atoms with Gasteiger partial charge in [0.25, 0.3) is 0 Å². The predicted molar refractivity (Wildman–Crippen MR) is 93.9 cm³/mol. The number of nitrogens with zero attached hydrogens (tertiary/aromatic N) is 1. The van der Waals surface area contributed by atoms with Gasteiger partial charge in [-0.05, 0) is 20.8 Å². The van der Waals surface area contributed by atoms with Crippen molar-refractivity contribution >= 4 is 6.21 Å². The molecule has 0 aromatic heterocycles. The lowest BCUT2D eigenvalue weighted by atomic mass is 9.99. The molecule has 2 aromatic rings. The summed E-state index contributed by atoms with van der Waals surface area (Å²) in [6.07, 6.45) is 1.06. The monoisotopic (exact) mass is 325 g/mol. The van der Waals surface area contributed by atoms with Crippen molar-refractivity contribution in [3.05, 3.63) is 77.0 Å².